The van der Waals surface area contributed by atoms with E-state index in [-0.39, 0.29) is 23.2 Å². The van der Waals surface area contributed by atoms with Crippen LogP contribution in [-0.2, 0) is 10.2 Å². The molecule has 7 nitrogen and oxygen atoms in total. The molecule has 1 amide bonds. The molecule has 7 heteroatoms. The average molecular weight is 353 g/mol. The second-order valence-electron chi connectivity index (χ2n) is 6.90. The van der Waals surface area contributed by atoms with Crippen LogP contribution < -0.4 is 15.8 Å². The summed E-state index contributed by atoms with van der Waals surface area (Å²) in [6.45, 7) is 7.93. The highest BCUT2D eigenvalue weighted by Crippen LogP contribution is 2.34. The number of nitriles is 1. The highest BCUT2D eigenvalue weighted by molar-refractivity contribution is 5.93. The first-order valence-corrected chi connectivity index (χ1v) is 8.36. The van der Waals surface area contributed by atoms with E-state index in [9.17, 15) is 4.79 Å². The van der Waals surface area contributed by atoms with Gasteiger partial charge in [-0.3, -0.25) is 10.1 Å². The Bertz CT molecular complexity index is 837. The molecule has 0 aliphatic carbocycles. The molecular weight excluding hydrogens is 330 g/mol. The van der Waals surface area contributed by atoms with E-state index in [1.807, 2.05) is 27.7 Å². The van der Waals surface area contributed by atoms with Crippen LogP contribution in [0, 0.1) is 11.3 Å². The summed E-state index contributed by atoms with van der Waals surface area (Å²) in [5, 5.41) is 11.7. The number of aromatic nitrogens is 2. The summed E-state index contributed by atoms with van der Waals surface area (Å²) < 4.78 is 5.90. The second kappa shape index (κ2) is 7.93. The molecule has 1 unspecified atom stereocenters. The van der Waals surface area contributed by atoms with E-state index >= 15 is 0 Å². The number of nitrogens with one attached hydrogen (secondary N) is 1. The van der Waals surface area contributed by atoms with Gasteiger partial charge >= 0.3 is 0 Å². The fourth-order valence-corrected chi connectivity index (χ4v) is 2.23. The zero-order valence-electron chi connectivity index (χ0n) is 15.4. The molecule has 136 valence electrons. The molecule has 2 aromatic rings. The molecule has 3 N–H and O–H groups in total. The lowest BCUT2D eigenvalue weighted by atomic mass is 9.85. The summed E-state index contributed by atoms with van der Waals surface area (Å²) in [5.41, 5.74) is 6.92. The number of amides is 1. The summed E-state index contributed by atoms with van der Waals surface area (Å²) in [4.78, 5) is 20.1. The van der Waals surface area contributed by atoms with Crippen LogP contribution in [0.2, 0.25) is 0 Å². The minimum Gasteiger partial charge on any atom is -0.439 e. The largest absolute Gasteiger partial charge is 0.439 e. The molecule has 1 atom stereocenters. The summed E-state index contributed by atoms with van der Waals surface area (Å²) in [6.07, 6.45) is 2.01. The molecule has 2 rings (SSSR count). The van der Waals surface area contributed by atoms with Gasteiger partial charge in [-0.2, -0.15) is 10.2 Å². The number of nitrogens with zero attached hydrogens (tertiary/aromatic N) is 3. The summed E-state index contributed by atoms with van der Waals surface area (Å²) >= 11 is 0. The molecule has 26 heavy (non-hydrogen) atoms. The van der Waals surface area contributed by atoms with E-state index in [0.717, 1.165) is 5.56 Å². The highest BCUT2D eigenvalue weighted by atomic mass is 16.5. The third-order valence-electron chi connectivity index (χ3n) is 3.77. The Hall–Kier alpha value is -2.98. The van der Waals surface area contributed by atoms with E-state index in [0.29, 0.717) is 17.7 Å². The first-order valence-electron chi connectivity index (χ1n) is 8.36. The summed E-state index contributed by atoms with van der Waals surface area (Å²) in [5.74, 6) is 0.661. The van der Waals surface area contributed by atoms with E-state index in [1.54, 1.807) is 24.3 Å². The first-order chi connectivity index (χ1) is 12.2. The van der Waals surface area contributed by atoms with Crippen molar-refractivity contribution in [1.29, 1.82) is 5.26 Å². The first kappa shape index (κ1) is 19.3. The third-order valence-corrected chi connectivity index (χ3v) is 3.77. The van der Waals surface area contributed by atoms with Gasteiger partial charge in [0.05, 0.1) is 17.7 Å². The van der Waals surface area contributed by atoms with Crippen molar-refractivity contribution in [1.82, 2.24) is 9.97 Å². The maximum atomic E-state index is 11.9. The van der Waals surface area contributed by atoms with E-state index in [4.69, 9.17) is 15.7 Å². The Morgan fingerprint density at radius 2 is 2.12 bits per heavy atom. The molecule has 1 aromatic carbocycles. The second-order valence-corrected chi connectivity index (χ2v) is 6.90. The molecule has 0 radical (unpaired) electrons. The number of carbonyl (C=O) groups excluding carboxylic acids is 1. The maximum absolute atomic E-state index is 11.9. The zero-order chi connectivity index (χ0) is 19.3. The molecule has 0 saturated heterocycles. The zero-order valence-corrected chi connectivity index (χ0v) is 15.4. The van der Waals surface area contributed by atoms with Crippen LogP contribution in [0.3, 0.4) is 0 Å². The van der Waals surface area contributed by atoms with Gasteiger partial charge in [0.25, 0.3) is 0 Å². The fraction of sp³-hybridized carbons (Fsp3) is 0.368. The number of benzene rings is 1. The number of hydrogen-bond acceptors (Lipinski definition) is 6. The quantitative estimate of drug-likeness (QED) is 0.853. The van der Waals surface area contributed by atoms with Gasteiger partial charge < -0.3 is 10.5 Å². The molecule has 0 spiro atoms. The standard InChI is InChI=1S/C19H23N5O2/c1-5-14(21)17(25)24-18-22-9-8-16(23-18)26-15-7-6-12(11-20)10-13(15)19(2,3)4/h6-10,14H,5,21H2,1-4H3,(H,22,23,24,25). The van der Waals surface area contributed by atoms with Gasteiger partial charge in [-0.05, 0) is 30.0 Å². The van der Waals surface area contributed by atoms with Crippen molar-refractivity contribution in [3.8, 4) is 17.7 Å². The average Bonchev–Trinajstić information content (AvgIpc) is 2.60. The van der Waals surface area contributed by atoms with Crippen LogP contribution in [0.1, 0.15) is 45.2 Å². The van der Waals surface area contributed by atoms with Crippen LogP contribution >= 0.6 is 0 Å². The van der Waals surface area contributed by atoms with Crippen LogP contribution in [0.25, 0.3) is 0 Å². The van der Waals surface area contributed by atoms with Gasteiger partial charge in [-0.25, -0.2) is 4.98 Å². The van der Waals surface area contributed by atoms with E-state index in [1.165, 1.54) is 6.20 Å². The van der Waals surface area contributed by atoms with Crippen molar-refractivity contribution in [3.05, 3.63) is 41.6 Å². The van der Waals surface area contributed by atoms with Crippen LogP contribution in [0.5, 0.6) is 11.6 Å². The van der Waals surface area contributed by atoms with E-state index < -0.39 is 6.04 Å². The normalized spacial score (nSPS) is 12.2. The molecule has 1 aromatic heterocycles. The van der Waals surface area contributed by atoms with Gasteiger partial charge in [0, 0.05) is 17.8 Å². The number of carbonyl (C=O) groups is 1. The topological polar surface area (TPSA) is 114 Å². The van der Waals surface area contributed by atoms with Gasteiger partial charge in [0.15, 0.2) is 0 Å². The molecule has 0 aliphatic heterocycles. The van der Waals surface area contributed by atoms with Crippen molar-refractivity contribution < 1.29 is 9.53 Å². The lowest BCUT2D eigenvalue weighted by Gasteiger charge is -2.22. The number of ether oxygens (including phenoxy) is 1. The van der Waals surface area contributed by atoms with Gasteiger partial charge in [-0.1, -0.05) is 27.7 Å². The lowest BCUT2D eigenvalue weighted by Crippen LogP contribution is -2.35. The van der Waals surface area contributed by atoms with Crippen molar-refractivity contribution in [2.24, 2.45) is 5.73 Å². The molecule has 1 heterocycles. The molecule has 0 fully saturated rings. The number of nitrogens with two attached hydrogens (primary N) is 1. The Balaban J connectivity index is 2.28. The lowest BCUT2D eigenvalue weighted by molar-refractivity contribution is -0.117. The third kappa shape index (κ3) is 4.77. The predicted molar refractivity (Wildman–Crippen MR) is 98.9 cm³/mol. The summed E-state index contributed by atoms with van der Waals surface area (Å²) in [7, 11) is 0. The van der Waals surface area contributed by atoms with Gasteiger partial charge in [0.2, 0.25) is 17.7 Å². The monoisotopic (exact) mass is 353 g/mol. The van der Waals surface area contributed by atoms with Crippen molar-refractivity contribution in [2.45, 2.75) is 45.6 Å². The highest BCUT2D eigenvalue weighted by Gasteiger charge is 2.21. The minimum atomic E-state index is -0.616. The van der Waals surface area contributed by atoms with Crippen molar-refractivity contribution in [2.75, 3.05) is 5.32 Å². The van der Waals surface area contributed by atoms with Crippen molar-refractivity contribution in [3.63, 3.8) is 0 Å². The van der Waals surface area contributed by atoms with Gasteiger partial charge in [-0.15, -0.1) is 0 Å². The Labute approximate surface area is 153 Å². The molecule has 0 saturated carbocycles. The molecule has 0 aliphatic rings. The van der Waals surface area contributed by atoms with Crippen LogP contribution in [0.4, 0.5) is 5.95 Å². The minimum absolute atomic E-state index is 0.127. The Kier molecular flexibility index (Phi) is 5.90. The Morgan fingerprint density at radius 3 is 2.73 bits per heavy atom. The number of hydrogen-bond donors (Lipinski definition) is 2. The van der Waals surface area contributed by atoms with Gasteiger partial charge in [0.1, 0.15) is 5.75 Å². The number of anilines is 1. The van der Waals surface area contributed by atoms with Crippen LogP contribution in [-0.4, -0.2) is 21.9 Å². The number of rotatable bonds is 5. The maximum Gasteiger partial charge on any atom is 0.243 e. The Morgan fingerprint density at radius 1 is 1.38 bits per heavy atom. The van der Waals surface area contributed by atoms with Crippen molar-refractivity contribution >= 4 is 11.9 Å². The molecule has 0 bridgehead atoms. The van der Waals surface area contributed by atoms with E-state index in [2.05, 4.69) is 21.4 Å². The smallest absolute Gasteiger partial charge is 0.243 e. The SMILES string of the molecule is CCC(N)C(=O)Nc1nccc(Oc2ccc(C#N)cc2C(C)(C)C)n1. The summed E-state index contributed by atoms with van der Waals surface area (Å²) in [6, 6.07) is 8.35. The molecular formula is C19H23N5O2. The van der Waals surface area contributed by atoms with Crippen LogP contribution in [0.15, 0.2) is 30.5 Å². The fourth-order valence-electron chi connectivity index (χ4n) is 2.23. The predicted octanol–water partition coefficient (Wildman–Crippen LogP) is 3.11.